The molecule has 11 heteroatoms. The fraction of sp³-hybridized carbons (Fsp3) is 0.241. The second-order valence-electron chi connectivity index (χ2n) is 9.07. The second-order valence-corrected chi connectivity index (χ2v) is 9.07. The summed E-state index contributed by atoms with van der Waals surface area (Å²) in [6, 6.07) is 16.3. The van der Waals surface area contributed by atoms with Gasteiger partial charge in [0.1, 0.15) is 41.7 Å². The molecule has 0 spiro atoms. The van der Waals surface area contributed by atoms with Gasteiger partial charge < -0.3 is 29.1 Å². The third-order valence-corrected chi connectivity index (χ3v) is 6.38. The highest BCUT2D eigenvalue weighted by Crippen LogP contribution is 2.31. The van der Waals surface area contributed by atoms with Crippen molar-refractivity contribution in [2.75, 3.05) is 27.4 Å². The Bertz CT molecular complexity index is 1690. The van der Waals surface area contributed by atoms with Crippen LogP contribution < -0.4 is 24.7 Å². The molecule has 1 N–H and O–H groups in total. The highest BCUT2D eigenvalue weighted by atomic mass is 16.8. The van der Waals surface area contributed by atoms with E-state index >= 15 is 0 Å². The molecule has 0 atom stereocenters. The summed E-state index contributed by atoms with van der Waals surface area (Å²) >= 11 is 0. The molecule has 11 nitrogen and oxygen atoms in total. The van der Waals surface area contributed by atoms with Gasteiger partial charge in [-0.3, -0.25) is 9.42 Å². The van der Waals surface area contributed by atoms with E-state index in [9.17, 15) is 10.0 Å². The summed E-state index contributed by atoms with van der Waals surface area (Å²) in [5.74, 6) is 2.06. The third kappa shape index (κ3) is 5.32. The fourth-order valence-corrected chi connectivity index (χ4v) is 4.55. The van der Waals surface area contributed by atoms with E-state index in [0.717, 1.165) is 16.7 Å². The van der Waals surface area contributed by atoms with Gasteiger partial charge in [0, 0.05) is 28.4 Å². The van der Waals surface area contributed by atoms with Crippen LogP contribution >= 0.6 is 0 Å². The topological polar surface area (TPSA) is 136 Å². The monoisotopic (exact) mass is 544 g/mol. The molecule has 2 heterocycles. The summed E-state index contributed by atoms with van der Waals surface area (Å²) < 4.78 is 27.2. The number of fused-ring (bicyclic) bond motifs is 1. The van der Waals surface area contributed by atoms with E-state index in [1.807, 2.05) is 44.2 Å². The smallest absolute Gasteiger partial charge is 0.262 e. The Morgan fingerprint density at radius 2 is 1.73 bits per heavy atom. The molecule has 5 rings (SSSR count). The average molecular weight is 545 g/mol. The highest BCUT2D eigenvalue weighted by molar-refractivity contribution is 5.87. The van der Waals surface area contributed by atoms with Gasteiger partial charge in [0.05, 0.1) is 26.3 Å². The number of aromatic nitrogens is 4. The molecule has 0 saturated carbocycles. The zero-order valence-corrected chi connectivity index (χ0v) is 22.5. The Morgan fingerprint density at radius 3 is 2.42 bits per heavy atom. The quantitative estimate of drug-likeness (QED) is 0.203. The van der Waals surface area contributed by atoms with Crippen LogP contribution in [0.25, 0.3) is 33.5 Å². The van der Waals surface area contributed by atoms with E-state index in [-0.39, 0.29) is 25.4 Å². The van der Waals surface area contributed by atoms with Crippen molar-refractivity contribution in [2.45, 2.75) is 20.5 Å². The third-order valence-electron chi connectivity index (χ3n) is 6.38. The number of nitrogens with zero attached hydrogens (tertiary/aromatic N) is 3. The molecule has 3 aromatic carbocycles. The zero-order valence-electron chi connectivity index (χ0n) is 22.5. The normalized spacial score (nSPS) is 11.1. The Balaban J connectivity index is 1.27. The van der Waals surface area contributed by atoms with E-state index in [1.54, 1.807) is 31.4 Å². The van der Waals surface area contributed by atoms with Crippen molar-refractivity contribution >= 4 is 10.9 Å². The summed E-state index contributed by atoms with van der Waals surface area (Å²) in [4.78, 5) is 20.8. The average Bonchev–Trinajstić information content (AvgIpc) is 3.33. The lowest BCUT2D eigenvalue weighted by atomic mass is 10.0. The van der Waals surface area contributed by atoms with Gasteiger partial charge in [-0.2, -0.15) is 0 Å². The molecule has 0 aliphatic rings. The maximum absolute atomic E-state index is 12.9. The number of hydrogen-bond donors (Lipinski definition) is 1. The molecule has 0 saturated heterocycles. The zero-order chi connectivity index (χ0) is 28.2. The van der Waals surface area contributed by atoms with Crippen LogP contribution in [0.15, 0.2) is 64.0 Å². The van der Waals surface area contributed by atoms with Gasteiger partial charge in [0.15, 0.2) is 0 Å². The standard InChI is InChI=1S/C29H28N4O7/c1-17-12-20(28-30-22-14-21(36-3)15-24(37-4)25(22)29(34)31-28)13-18(2)27(17)39-11-10-38-16-23-26(33(35)40-32-23)19-8-6-5-7-9-19/h5-9,12-15H,10-11,16H2,1-4H3,(H,30,31,34). The molecule has 0 unspecified atom stereocenters. The van der Waals surface area contributed by atoms with Crippen molar-refractivity contribution in [3.05, 3.63) is 87.0 Å². The maximum Gasteiger partial charge on any atom is 0.262 e. The van der Waals surface area contributed by atoms with E-state index < -0.39 is 0 Å². The van der Waals surface area contributed by atoms with Crippen molar-refractivity contribution < 1.29 is 28.5 Å². The van der Waals surface area contributed by atoms with Crippen molar-refractivity contribution in [3.63, 3.8) is 0 Å². The Kier molecular flexibility index (Phi) is 7.65. The molecule has 2 aromatic heterocycles. The molecule has 0 bridgehead atoms. The van der Waals surface area contributed by atoms with Crippen LogP contribution in [0.4, 0.5) is 0 Å². The molecule has 0 radical (unpaired) electrons. The number of ether oxygens (including phenoxy) is 4. The van der Waals surface area contributed by atoms with Gasteiger partial charge >= 0.3 is 0 Å². The SMILES string of the molecule is COc1cc(OC)c2c(=O)[nH]c(-c3cc(C)c(OCCOCc4no[n+]([O-])c4-c4ccccc4)c(C)c3)nc2c1. The first kappa shape index (κ1) is 26.7. The molecule has 0 amide bonds. The highest BCUT2D eigenvalue weighted by Gasteiger charge is 2.21. The molecule has 40 heavy (non-hydrogen) atoms. The van der Waals surface area contributed by atoms with Gasteiger partial charge in [-0.25, -0.2) is 4.98 Å². The van der Waals surface area contributed by atoms with E-state index in [4.69, 9.17) is 23.6 Å². The molecule has 5 aromatic rings. The van der Waals surface area contributed by atoms with Crippen LogP contribution in [0.1, 0.15) is 16.8 Å². The van der Waals surface area contributed by atoms with Crippen molar-refractivity contribution in [1.82, 2.24) is 15.1 Å². The number of nitrogens with one attached hydrogen (secondary N) is 1. The lowest BCUT2D eigenvalue weighted by Crippen LogP contribution is -2.25. The fourth-order valence-electron chi connectivity index (χ4n) is 4.55. The second kappa shape index (κ2) is 11.5. The van der Waals surface area contributed by atoms with Crippen molar-refractivity contribution in [3.8, 4) is 39.9 Å². The predicted octanol–water partition coefficient (Wildman–Crippen LogP) is 4.11. The number of aromatic amines is 1. The maximum atomic E-state index is 12.9. The number of hydrogen-bond acceptors (Lipinski definition) is 9. The minimum Gasteiger partial charge on any atom is -0.497 e. The number of aryl methyl sites for hydroxylation is 2. The lowest BCUT2D eigenvalue weighted by molar-refractivity contribution is -0.793. The minimum atomic E-state index is -0.308. The van der Waals surface area contributed by atoms with Gasteiger partial charge in [-0.05, 0) is 42.0 Å². The summed E-state index contributed by atoms with van der Waals surface area (Å²) in [6.07, 6.45) is 0. The van der Waals surface area contributed by atoms with Gasteiger partial charge in [0.2, 0.25) is 5.69 Å². The first-order valence-corrected chi connectivity index (χ1v) is 12.5. The van der Waals surface area contributed by atoms with Gasteiger partial charge in [-0.15, -0.1) is 0 Å². The molecular formula is C29H28N4O7. The van der Waals surface area contributed by atoms with Crippen LogP contribution in [0.2, 0.25) is 0 Å². The van der Waals surface area contributed by atoms with Crippen LogP contribution in [0.3, 0.4) is 0 Å². The first-order chi connectivity index (χ1) is 19.4. The Morgan fingerprint density at radius 1 is 0.975 bits per heavy atom. The summed E-state index contributed by atoms with van der Waals surface area (Å²) in [5, 5.41) is 16.2. The van der Waals surface area contributed by atoms with Crippen LogP contribution in [-0.4, -0.2) is 42.6 Å². The number of benzene rings is 3. The molecule has 206 valence electrons. The van der Waals surface area contributed by atoms with Crippen molar-refractivity contribution in [2.24, 2.45) is 0 Å². The molecular weight excluding hydrogens is 516 g/mol. The summed E-state index contributed by atoms with van der Waals surface area (Å²) in [7, 11) is 3.04. The lowest BCUT2D eigenvalue weighted by Gasteiger charge is -2.14. The van der Waals surface area contributed by atoms with Crippen LogP contribution in [0, 0.1) is 19.1 Å². The largest absolute Gasteiger partial charge is 0.497 e. The Labute approximate surface area is 229 Å². The molecule has 0 aliphatic heterocycles. The molecule has 0 fully saturated rings. The number of H-pyrrole nitrogens is 1. The van der Waals surface area contributed by atoms with Gasteiger partial charge in [0.25, 0.3) is 11.3 Å². The molecule has 0 aliphatic carbocycles. The summed E-state index contributed by atoms with van der Waals surface area (Å²) in [5.41, 5.74) is 4.06. The van der Waals surface area contributed by atoms with E-state index in [0.29, 0.717) is 55.8 Å². The van der Waals surface area contributed by atoms with Crippen LogP contribution in [0.5, 0.6) is 17.2 Å². The summed E-state index contributed by atoms with van der Waals surface area (Å²) in [6.45, 7) is 4.49. The number of rotatable bonds is 10. The predicted molar refractivity (Wildman–Crippen MR) is 146 cm³/mol. The Hall–Kier alpha value is -4.90. The van der Waals surface area contributed by atoms with Crippen molar-refractivity contribution in [1.29, 1.82) is 0 Å². The van der Waals surface area contributed by atoms with Crippen LogP contribution in [-0.2, 0) is 11.3 Å². The minimum absolute atomic E-state index is 0.0970. The number of methoxy groups -OCH3 is 2. The van der Waals surface area contributed by atoms with Gasteiger partial charge in [-0.1, -0.05) is 30.3 Å². The van der Waals surface area contributed by atoms with E-state index in [2.05, 4.69) is 15.1 Å². The first-order valence-electron chi connectivity index (χ1n) is 12.5. The van der Waals surface area contributed by atoms with E-state index in [1.165, 1.54) is 7.11 Å².